The first kappa shape index (κ1) is 24.1. The molecule has 3 heterocycles. The van der Waals surface area contributed by atoms with E-state index in [1.165, 1.54) is 16.2 Å². The van der Waals surface area contributed by atoms with E-state index in [0.717, 1.165) is 5.56 Å². The molecule has 0 aliphatic carbocycles. The van der Waals surface area contributed by atoms with E-state index in [1.54, 1.807) is 35.4 Å². The molecule has 0 radical (unpaired) electrons. The normalized spacial score (nSPS) is 15.0. The van der Waals surface area contributed by atoms with E-state index in [9.17, 15) is 9.59 Å². The minimum Gasteiger partial charge on any atom is -0.394 e. The predicted molar refractivity (Wildman–Crippen MR) is 138 cm³/mol. The zero-order valence-corrected chi connectivity index (χ0v) is 20.0. The predicted octanol–water partition coefficient (Wildman–Crippen LogP) is 2.56. The fourth-order valence-corrected chi connectivity index (χ4v) is 4.78. The highest BCUT2D eigenvalue weighted by atomic mass is 32.2. The minimum absolute atomic E-state index is 0.0626. The molecule has 2 aromatic heterocycles. The Morgan fingerprint density at radius 3 is 2.71 bits per heavy atom. The van der Waals surface area contributed by atoms with E-state index in [1.807, 2.05) is 30.3 Å². The fraction of sp³-hybridized carbons (Fsp3) is 0.250. The smallest absolute Gasteiger partial charge is 0.267 e. The number of ether oxygens (including phenoxy) is 1. The van der Waals surface area contributed by atoms with Crippen LogP contribution in [0.2, 0.25) is 0 Å². The summed E-state index contributed by atoms with van der Waals surface area (Å²) in [7, 11) is 0. The molecule has 1 aliphatic heterocycles. The second-order valence-corrected chi connectivity index (χ2v) is 9.12. The molecule has 2 N–H and O–H groups in total. The van der Waals surface area contributed by atoms with Crippen LogP contribution in [-0.4, -0.2) is 62.5 Å². The molecule has 1 amide bonds. The Morgan fingerprint density at radius 1 is 1.12 bits per heavy atom. The third kappa shape index (κ3) is 5.53. The third-order valence-corrected chi connectivity index (χ3v) is 6.54. The Kier molecular flexibility index (Phi) is 8.07. The maximum atomic E-state index is 13.3. The van der Waals surface area contributed by atoms with Crippen molar-refractivity contribution in [2.45, 2.75) is 6.42 Å². The molecule has 10 heteroatoms. The SMILES string of the molecule is O=C1/C(=C\c2c(NCCOCCO)nc3ccccn3c2=O)SC(=S)N1CCc1ccccc1. The van der Waals surface area contributed by atoms with Crippen LogP contribution in [0, 0.1) is 0 Å². The number of pyridine rings is 1. The number of nitrogens with zero attached hydrogens (tertiary/aromatic N) is 3. The van der Waals surface area contributed by atoms with Crippen molar-refractivity contribution in [3.05, 3.63) is 81.1 Å². The Balaban J connectivity index is 1.60. The molecule has 1 fully saturated rings. The van der Waals surface area contributed by atoms with E-state index in [4.69, 9.17) is 22.1 Å². The Morgan fingerprint density at radius 2 is 1.91 bits per heavy atom. The lowest BCUT2D eigenvalue weighted by Gasteiger charge is -2.14. The maximum Gasteiger partial charge on any atom is 0.267 e. The van der Waals surface area contributed by atoms with Gasteiger partial charge in [0.2, 0.25) is 0 Å². The average Bonchev–Trinajstić information content (AvgIpc) is 3.12. The summed E-state index contributed by atoms with van der Waals surface area (Å²) in [6.45, 7) is 1.35. The first-order chi connectivity index (χ1) is 16.6. The summed E-state index contributed by atoms with van der Waals surface area (Å²) in [6.07, 6.45) is 3.89. The van der Waals surface area contributed by atoms with E-state index in [0.29, 0.717) is 46.8 Å². The van der Waals surface area contributed by atoms with Gasteiger partial charge in [0.15, 0.2) is 0 Å². The molecular formula is C24H24N4O4S2. The standard InChI is InChI=1S/C24H24N4O4S2/c29-13-15-32-14-10-25-21-18(22(30)27-11-5-4-8-20(27)26-21)16-19-23(31)28(24(33)34-19)12-9-17-6-2-1-3-7-17/h1-8,11,16,25,29H,9-10,12-15H2/b19-16+. The molecule has 1 aromatic carbocycles. The highest BCUT2D eigenvalue weighted by Gasteiger charge is 2.32. The van der Waals surface area contributed by atoms with Gasteiger partial charge in [-0.25, -0.2) is 4.98 Å². The van der Waals surface area contributed by atoms with Crippen molar-refractivity contribution in [2.24, 2.45) is 0 Å². The number of nitrogens with one attached hydrogen (secondary N) is 1. The van der Waals surface area contributed by atoms with Crippen LogP contribution < -0.4 is 10.9 Å². The van der Waals surface area contributed by atoms with Crippen molar-refractivity contribution in [2.75, 3.05) is 38.2 Å². The summed E-state index contributed by atoms with van der Waals surface area (Å²) < 4.78 is 7.19. The molecule has 8 nitrogen and oxygen atoms in total. The third-order valence-electron chi connectivity index (χ3n) is 5.16. The van der Waals surface area contributed by atoms with Crippen LogP contribution in [0.5, 0.6) is 0 Å². The Hall–Kier alpha value is -3.05. The number of thioether (sulfide) groups is 1. The number of anilines is 1. The van der Waals surface area contributed by atoms with Crippen LogP contribution in [0.1, 0.15) is 11.1 Å². The second kappa shape index (κ2) is 11.4. The molecule has 0 bridgehead atoms. The van der Waals surface area contributed by atoms with Gasteiger partial charge in [0.1, 0.15) is 15.8 Å². The highest BCUT2D eigenvalue weighted by molar-refractivity contribution is 8.26. The van der Waals surface area contributed by atoms with Crippen molar-refractivity contribution in [1.29, 1.82) is 0 Å². The molecule has 0 unspecified atom stereocenters. The molecule has 0 atom stereocenters. The van der Waals surface area contributed by atoms with E-state index in [-0.39, 0.29) is 30.2 Å². The van der Waals surface area contributed by atoms with Gasteiger partial charge < -0.3 is 15.2 Å². The van der Waals surface area contributed by atoms with E-state index in [2.05, 4.69) is 10.3 Å². The van der Waals surface area contributed by atoms with Crippen molar-refractivity contribution in [3.63, 3.8) is 0 Å². The molecule has 0 saturated carbocycles. The van der Waals surface area contributed by atoms with Crippen molar-refractivity contribution >= 4 is 51.7 Å². The maximum absolute atomic E-state index is 13.3. The van der Waals surface area contributed by atoms with Crippen LogP contribution in [-0.2, 0) is 16.0 Å². The van der Waals surface area contributed by atoms with Crippen molar-refractivity contribution in [1.82, 2.24) is 14.3 Å². The molecule has 176 valence electrons. The van der Waals surface area contributed by atoms with Gasteiger partial charge in [0, 0.05) is 19.3 Å². The van der Waals surface area contributed by atoms with Crippen molar-refractivity contribution < 1.29 is 14.6 Å². The monoisotopic (exact) mass is 496 g/mol. The van der Waals surface area contributed by atoms with Crippen LogP contribution in [0.3, 0.4) is 0 Å². The molecule has 34 heavy (non-hydrogen) atoms. The van der Waals surface area contributed by atoms with Crippen molar-refractivity contribution in [3.8, 4) is 0 Å². The van der Waals surface area contributed by atoms with Gasteiger partial charge in [-0.1, -0.05) is 60.4 Å². The summed E-state index contributed by atoms with van der Waals surface area (Å²) in [5.41, 5.74) is 1.58. The molecule has 1 saturated heterocycles. The van der Waals surface area contributed by atoms with Crippen LogP contribution in [0.25, 0.3) is 11.7 Å². The average molecular weight is 497 g/mol. The van der Waals surface area contributed by atoms with Gasteiger partial charge in [0.05, 0.1) is 30.3 Å². The topological polar surface area (TPSA) is 96.2 Å². The van der Waals surface area contributed by atoms with Crippen LogP contribution in [0.15, 0.2) is 64.4 Å². The van der Waals surface area contributed by atoms with Gasteiger partial charge in [-0.2, -0.15) is 0 Å². The number of carbonyl (C=O) groups excluding carboxylic acids is 1. The van der Waals surface area contributed by atoms with Gasteiger partial charge in [-0.05, 0) is 30.2 Å². The zero-order chi connectivity index (χ0) is 23.9. The summed E-state index contributed by atoms with van der Waals surface area (Å²) in [5, 5.41) is 12.0. The Bertz CT molecular complexity index is 1280. The van der Waals surface area contributed by atoms with E-state index < -0.39 is 0 Å². The number of hydrogen-bond donors (Lipinski definition) is 2. The molecule has 3 aromatic rings. The molecule has 4 rings (SSSR count). The number of hydrogen-bond acceptors (Lipinski definition) is 8. The van der Waals surface area contributed by atoms with Crippen LogP contribution in [0.4, 0.5) is 5.82 Å². The summed E-state index contributed by atoms with van der Waals surface area (Å²) in [4.78, 5) is 32.9. The number of fused-ring (bicyclic) bond motifs is 1. The lowest BCUT2D eigenvalue weighted by Crippen LogP contribution is -2.30. The fourth-order valence-electron chi connectivity index (χ4n) is 3.49. The van der Waals surface area contributed by atoms with Gasteiger partial charge >= 0.3 is 0 Å². The van der Waals surface area contributed by atoms with Gasteiger partial charge in [-0.15, -0.1) is 0 Å². The highest BCUT2D eigenvalue weighted by Crippen LogP contribution is 2.33. The molecule has 1 aliphatic rings. The summed E-state index contributed by atoms with van der Waals surface area (Å²) in [5.74, 6) is 0.138. The van der Waals surface area contributed by atoms with Gasteiger partial charge in [-0.3, -0.25) is 18.9 Å². The van der Waals surface area contributed by atoms with Crippen LogP contribution >= 0.6 is 24.0 Å². The quantitative estimate of drug-likeness (QED) is 0.251. The van der Waals surface area contributed by atoms with E-state index >= 15 is 0 Å². The number of aromatic nitrogens is 2. The Labute approximate surface area is 206 Å². The first-order valence-electron chi connectivity index (χ1n) is 10.8. The largest absolute Gasteiger partial charge is 0.394 e. The number of carbonyl (C=O) groups is 1. The first-order valence-corrected chi connectivity index (χ1v) is 12.0. The minimum atomic E-state index is -0.293. The second-order valence-electron chi connectivity index (χ2n) is 7.44. The number of amides is 1. The lowest BCUT2D eigenvalue weighted by molar-refractivity contribution is -0.122. The number of aliphatic hydroxyl groups excluding tert-OH is 1. The number of rotatable bonds is 10. The molecule has 0 spiro atoms. The molecular weight excluding hydrogens is 472 g/mol. The van der Waals surface area contributed by atoms with Gasteiger partial charge in [0.25, 0.3) is 11.5 Å². The number of aliphatic hydroxyl groups is 1. The lowest BCUT2D eigenvalue weighted by atomic mass is 10.1. The summed E-state index contributed by atoms with van der Waals surface area (Å²) >= 11 is 6.64. The number of benzene rings is 1. The summed E-state index contributed by atoms with van der Waals surface area (Å²) in [6, 6.07) is 15.2. The zero-order valence-electron chi connectivity index (χ0n) is 18.3. The number of thiocarbonyl (C=S) groups is 1.